The minimum atomic E-state index is -3.46. The van der Waals surface area contributed by atoms with E-state index in [1.165, 1.54) is 12.1 Å². The third-order valence-electron chi connectivity index (χ3n) is 3.79. The van der Waals surface area contributed by atoms with E-state index < -0.39 is 15.7 Å². The lowest BCUT2D eigenvalue weighted by Crippen LogP contribution is -2.30. The number of hydrogen-bond donors (Lipinski definition) is 1. The Morgan fingerprint density at radius 3 is 2.79 bits per heavy atom. The SMILES string of the molecule is CS(=O)(=O)c1ccc(OCc2nnn(C3CCNCC3)n2)c(F)c1. The van der Waals surface area contributed by atoms with E-state index in [0.717, 1.165) is 38.3 Å². The van der Waals surface area contributed by atoms with Gasteiger partial charge in [-0.1, -0.05) is 0 Å². The van der Waals surface area contributed by atoms with Crippen LogP contribution in [0.5, 0.6) is 5.75 Å². The van der Waals surface area contributed by atoms with Gasteiger partial charge in [0.2, 0.25) is 5.82 Å². The molecule has 0 aliphatic carbocycles. The molecule has 0 spiro atoms. The Kier molecular flexibility index (Phi) is 4.76. The molecule has 1 saturated heterocycles. The maximum absolute atomic E-state index is 13.9. The van der Waals surface area contributed by atoms with Crippen LogP contribution in [0.1, 0.15) is 24.7 Å². The second kappa shape index (κ2) is 6.81. The van der Waals surface area contributed by atoms with Gasteiger partial charge in [-0.25, -0.2) is 12.8 Å². The van der Waals surface area contributed by atoms with Crippen LogP contribution in [-0.2, 0) is 16.4 Å². The highest BCUT2D eigenvalue weighted by Crippen LogP contribution is 2.22. The molecule has 1 aromatic heterocycles. The molecule has 0 radical (unpaired) electrons. The van der Waals surface area contributed by atoms with Crippen molar-refractivity contribution in [1.82, 2.24) is 25.5 Å². The number of halogens is 1. The Balaban J connectivity index is 1.65. The summed E-state index contributed by atoms with van der Waals surface area (Å²) in [7, 11) is -3.46. The van der Waals surface area contributed by atoms with Gasteiger partial charge in [-0.2, -0.15) is 4.80 Å². The number of nitrogens with zero attached hydrogens (tertiary/aromatic N) is 4. The molecule has 0 amide bonds. The van der Waals surface area contributed by atoms with Gasteiger partial charge in [-0.05, 0) is 49.3 Å². The number of aromatic nitrogens is 4. The van der Waals surface area contributed by atoms with E-state index in [1.807, 2.05) is 0 Å². The van der Waals surface area contributed by atoms with E-state index in [4.69, 9.17) is 4.74 Å². The van der Waals surface area contributed by atoms with E-state index in [2.05, 4.69) is 20.7 Å². The Hall–Kier alpha value is -2.07. The summed E-state index contributed by atoms with van der Waals surface area (Å²) in [4.78, 5) is 1.48. The van der Waals surface area contributed by atoms with Gasteiger partial charge in [0.15, 0.2) is 28.0 Å². The summed E-state index contributed by atoms with van der Waals surface area (Å²) in [5.41, 5.74) is 0. The Labute approximate surface area is 138 Å². The highest BCUT2D eigenvalue weighted by atomic mass is 32.2. The molecule has 130 valence electrons. The molecule has 2 aromatic rings. The van der Waals surface area contributed by atoms with Crippen LogP contribution in [0, 0.1) is 5.82 Å². The lowest BCUT2D eigenvalue weighted by atomic mass is 10.1. The zero-order valence-electron chi connectivity index (χ0n) is 13.1. The van der Waals surface area contributed by atoms with Gasteiger partial charge in [0.25, 0.3) is 0 Å². The molecule has 8 nitrogen and oxygen atoms in total. The molecule has 1 N–H and O–H groups in total. The Morgan fingerprint density at radius 2 is 2.12 bits per heavy atom. The maximum Gasteiger partial charge on any atom is 0.212 e. The first-order valence-corrected chi connectivity index (χ1v) is 9.44. The van der Waals surface area contributed by atoms with Crippen LogP contribution in [0.3, 0.4) is 0 Å². The molecule has 0 bridgehead atoms. The van der Waals surface area contributed by atoms with Crippen molar-refractivity contribution in [2.75, 3.05) is 19.3 Å². The Bertz CT molecular complexity index is 818. The lowest BCUT2D eigenvalue weighted by Gasteiger charge is -2.20. The molecule has 1 aromatic carbocycles. The quantitative estimate of drug-likeness (QED) is 0.843. The fraction of sp³-hybridized carbons (Fsp3) is 0.500. The number of nitrogens with one attached hydrogen (secondary N) is 1. The van der Waals surface area contributed by atoms with Crippen molar-refractivity contribution in [3.05, 3.63) is 29.8 Å². The lowest BCUT2D eigenvalue weighted by molar-refractivity contribution is 0.275. The zero-order valence-corrected chi connectivity index (χ0v) is 14.0. The third kappa shape index (κ3) is 3.88. The summed E-state index contributed by atoms with van der Waals surface area (Å²) in [6, 6.07) is 3.72. The zero-order chi connectivity index (χ0) is 17.2. The summed E-state index contributed by atoms with van der Waals surface area (Å²) in [5, 5.41) is 15.4. The molecule has 10 heteroatoms. The van der Waals surface area contributed by atoms with Crippen molar-refractivity contribution < 1.29 is 17.5 Å². The van der Waals surface area contributed by atoms with Crippen LogP contribution < -0.4 is 10.1 Å². The standard InChI is InChI=1S/C14H18FN5O3S/c1-24(21,22)11-2-3-13(12(15)8-11)23-9-14-17-19-20(18-14)10-4-6-16-7-5-10/h2-3,8,10,16H,4-7,9H2,1H3. The molecule has 1 aliphatic rings. The number of benzene rings is 1. The van der Waals surface area contributed by atoms with Gasteiger partial charge in [0.1, 0.15) is 0 Å². The molecule has 1 aliphatic heterocycles. The first-order chi connectivity index (χ1) is 11.4. The van der Waals surface area contributed by atoms with Gasteiger partial charge in [0, 0.05) is 6.26 Å². The van der Waals surface area contributed by atoms with E-state index >= 15 is 0 Å². The van der Waals surface area contributed by atoms with Crippen LogP contribution in [0.2, 0.25) is 0 Å². The van der Waals surface area contributed by atoms with Crippen LogP contribution in [0.25, 0.3) is 0 Å². The van der Waals surface area contributed by atoms with Gasteiger partial charge in [-0.15, -0.1) is 10.2 Å². The van der Waals surface area contributed by atoms with Crippen molar-refractivity contribution in [3.63, 3.8) is 0 Å². The van der Waals surface area contributed by atoms with E-state index in [1.54, 1.807) is 4.80 Å². The molecule has 1 fully saturated rings. The summed E-state index contributed by atoms with van der Waals surface area (Å²) < 4.78 is 42.0. The first kappa shape index (κ1) is 16.8. The number of rotatable bonds is 5. The monoisotopic (exact) mass is 355 g/mol. The number of sulfone groups is 1. The van der Waals surface area contributed by atoms with Crippen LogP contribution in [-0.4, -0.2) is 48.0 Å². The van der Waals surface area contributed by atoms with Crippen molar-refractivity contribution in [3.8, 4) is 5.75 Å². The molecule has 3 rings (SSSR count). The van der Waals surface area contributed by atoms with Crippen LogP contribution >= 0.6 is 0 Å². The summed E-state index contributed by atoms with van der Waals surface area (Å²) >= 11 is 0. The molecule has 0 atom stereocenters. The largest absolute Gasteiger partial charge is 0.482 e. The average molecular weight is 355 g/mol. The molecular weight excluding hydrogens is 337 g/mol. The van der Waals surface area contributed by atoms with Crippen LogP contribution in [0.4, 0.5) is 4.39 Å². The smallest absolute Gasteiger partial charge is 0.212 e. The minimum Gasteiger partial charge on any atom is -0.482 e. The van der Waals surface area contributed by atoms with Gasteiger partial charge in [0.05, 0.1) is 10.9 Å². The predicted molar refractivity (Wildman–Crippen MR) is 82.8 cm³/mol. The van der Waals surface area contributed by atoms with Gasteiger partial charge >= 0.3 is 0 Å². The Morgan fingerprint density at radius 1 is 1.38 bits per heavy atom. The minimum absolute atomic E-state index is 0.0416. The van der Waals surface area contributed by atoms with Crippen molar-refractivity contribution in [2.45, 2.75) is 30.4 Å². The molecule has 0 saturated carbocycles. The fourth-order valence-corrected chi connectivity index (χ4v) is 3.11. The van der Waals surface area contributed by atoms with Crippen molar-refractivity contribution in [2.24, 2.45) is 0 Å². The normalized spacial score (nSPS) is 16.2. The summed E-state index contributed by atoms with van der Waals surface area (Å²) in [6.07, 6.45) is 2.88. The van der Waals surface area contributed by atoms with Crippen molar-refractivity contribution >= 4 is 9.84 Å². The second-order valence-electron chi connectivity index (χ2n) is 5.66. The fourth-order valence-electron chi connectivity index (χ4n) is 2.48. The predicted octanol–water partition coefficient (Wildman–Crippen LogP) is 0.719. The summed E-state index contributed by atoms with van der Waals surface area (Å²) in [5.74, 6) is -0.454. The highest BCUT2D eigenvalue weighted by Gasteiger charge is 2.18. The van der Waals surface area contributed by atoms with Crippen LogP contribution in [0.15, 0.2) is 23.1 Å². The molecular formula is C14H18FN5O3S. The van der Waals surface area contributed by atoms with E-state index in [-0.39, 0.29) is 23.3 Å². The third-order valence-corrected chi connectivity index (χ3v) is 4.90. The van der Waals surface area contributed by atoms with Gasteiger partial charge in [-0.3, -0.25) is 0 Å². The topological polar surface area (TPSA) is 99.0 Å². The summed E-state index contributed by atoms with van der Waals surface area (Å²) in [6.45, 7) is 1.78. The highest BCUT2D eigenvalue weighted by molar-refractivity contribution is 7.90. The average Bonchev–Trinajstić information content (AvgIpc) is 3.02. The molecule has 2 heterocycles. The number of tetrazole rings is 1. The molecule has 24 heavy (non-hydrogen) atoms. The number of piperidine rings is 1. The molecule has 0 unspecified atom stereocenters. The number of ether oxygens (including phenoxy) is 1. The van der Waals surface area contributed by atoms with E-state index in [9.17, 15) is 12.8 Å². The van der Waals surface area contributed by atoms with Crippen molar-refractivity contribution in [1.29, 1.82) is 0 Å². The van der Waals surface area contributed by atoms with Gasteiger partial charge < -0.3 is 10.1 Å². The van der Waals surface area contributed by atoms with E-state index in [0.29, 0.717) is 5.82 Å². The second-order valence-corrected chi connectivity index (χ2v) is 7.68. The number of hydrogen-bond acceptors (Lipinski definition) is 7. The maximum atomic E-state index is 13.9. The first-order valence-electron chi connectivity index (χ1n) is 7.55.